The van der Waals surface area contributed by atoms with Crippen LogP contribution in [0.1, 0.15) is 18.4 Å². The van der Waals surface area contributed by atoms with Crippen molar-refractivity contribution in [1.82, 2.24) is 5.32 Å². The van der Waals surface area contributed by atoms with Gasteiger partial charge in [-0.3, -0.25) is 0 Å². The fourth-order valence-electron chi connectivity index (χ4n) is 1.68. The monoisotopic (exact) mass is 303 g/mol. The van der Waals surface area contributed by atoms with E-state index in [-0.39, 0.29) is 5.82 Å². The molecule has 1 nitrogen and oxygen atoms in total. The maximum atomic E-state index is 13.0. The number of hydrogen-bond acceptors (Lipinski definition) is 2. The third-order valence-electron chi connectivity index (χ3n) is 3.00. The lowest BCUT2D eigenvalue weighted by Gasteiger charge is -2.13. The van der Waals surface area contributed by atoms with Crippen LogP contribution in [-0.2, 0) is 6.54 Å². The molecule has 1 N–H and O–H groups in total. The van der Waals surface area contributed by atoms with Gasteiger partial charge in [-0.15, -0.1) is 0 Å². The number of hydrogen-bond donors (Lipinski definition) is 1. The number of benzene rings is 1. The zero-order valence-electron chi connectivity index (χ0n) is 9.22. The molecule has 1 aliphatic carbocycles. The van der Waals surface area contributed by atoms with Gasteiger partial charge < -0.3 is 5.32 Å². The van der Waals surface area contributed by atoms with Gasteiger partial charge in [0.15, 0.2) is 0 Å². The molecule has 0 amide bonds. The molecule has 0 saturated heterocycles. The van der Waals surface area contributed by atoms with Crippen LogP contribution >= 0.6 is 27.7 Å². The second-order valence-corrected chi connectivity index (χ2v) is 6.37. The van der Waals surface area contributed by atoms with E-state index >= 15 is 0 Å². The van der Waals surface area contributed by atoms with Crippen LogP contribution in [0.2, 0.25) is 0 Å². The first-order chi connectivity index (χ1) is 7.65. The summed E-state index contributed by atoms with van der Waals surface area (Å²) in [6.07, 6.45) is 4.80. The van der Waals surface area contributed by atoms with Crippen LogP contribution in [0.4, 0.5) is 4.39 Å². The maximum Gasteiger partial charge on any atom is 0.137 e. The molecule has 1 fully saturated rings. The average molecular weight is 304 g/mol. The molecule has 0 heterocycles. The predicted octanol–water partition coefficient (Wildman–Crippen LogP) is 3.57. The van der Waals surface area contributed by atoms with E-state index in [1.807, 2.05) is 23.9 Å². The van der Waals surface area contributed by atoms with Gasteiger partial charge in [0, 0.05) is 17.8 Å². The van der Waals surface area contributed by atoms with Crippen LogP contribution in [-0.4, -0.2) is 17.5 Å². The molecule has 16 heavy (non-hydrogen) atoms. The number of halogens is 2. The number of nitrogens with one attached hydrogen (secondary N) is 1. The largest absolute Gasteiger partial charge is 0.311 e. The van der Waals surface area contributed by atoms with Crippen LogP contribution in [0.15, 0.2) is 22.7 Å². The summed E-state index contributed by atoms with van der Waals surface area (Å²) in [6, 6.07) is 5.16. The van der Waals surface area contributed by atoms with Crippen molar-refractivity contribution in [1.29, 1.82) is 0 Å². The minimum Gasteiger partial charge on any atom is -0.311 e. The summed E-state index contributed by atoms with van der Waals surface area (Å²) in [6.45, 7) is 1.85. The Hall–Kier alpha value is -0.0600. The van der Waals surface area contributed by atoms with Crippen molar-refractivity contribution >= 4 is 27.7 Å². The summed E-state index contributed by atoms with van der Waals surface area (Å²) < 4.78 is 14.0. The van der Waals surface area contributed by atoms with Crippen molar-refractivity contribution in [3.63, 3.8) is 0 Å². The third-order valence-corrected chi connectivity index (χ3v) is 5.03. The summed E-state index contributed by atoms with van der Waals surface area (Å²) in [5.74, 6) is -0.202. The number of rotatable bonds is 5. The van der Waals surface area contributed by atoms with Crippen LogP contribution in [0.3, 0.4) is 0 Å². The summed E-state index contributed by atoms with van der Waals surface area (Å²) in [5.41, 5.74) is 1.12. The van der Waals surface area contributed by atoms with Gasteiger partial charge in [0.25, 0.3) is 0 Å². The quantitative estimate of drug-likeness (QED) is 0.892. The van der Waals surface area contributed by atoms with Crippen molar-refractivity contribution in [3.8, 4) is 0 Å². The van der Waals surface area contributed by atoms with Gasteiger partial charge in [0.2, 0.25) is 0 Å². The molecule has 0 atom stereocenters. The van der Waals surface area contributed by atoms with E-state index in [0.29, 0.717) is 9.22 Å². The third kappa shape index (κ3) is 2.99. The standard InChI is InChI=1S/C12H15BrFNS/c1-16-12(4-5-12)8-15-7-9-2-3-11(14)10(13)6-9/h2-3,6,15H,4-5,7-8H2,1H3. The van der Waals surface area contributed by atoms with Crippen molar-refractivity contribution in [2.75, 3.05) is 12.8 Å². The van der Waals surface area contributed by atoms with Crippen molar-refractivity contribution in [2.45, 2.75) is 24.1 Å². The summed E-state index contributed by atoms with van der Waals surface area (Å²) in [4.78, 5) is 0. The molecule has 4 heteroatoms. The van der Waals surface area contributed by atoms with Gasteiger partial charge in [0.05, 0.1) is 4.47 Å². The molecule has 1 aliphatic rings. The highest BCUT2D eigenvalue weighted by atomic mass is 79.9. The molecule has 0 aliphatic heterocycles. The molecule has 0 radical (unpaired) electrons. The van der Waals surface area contributed by atoms with Crippen molar-refractivity contribution < 1.29 is 4.39 Å². The van der Waals surface area contributed by atoms with Crippen LogP contribution in [0.5, 0.6) is 0 Å². The Morgan fingerprint density at radius 2 is 2.25 bits per heavy atom. The molecule has 88 valence electrons. The van der Waals surface area contributed by atoms with E-state index < -0.39 is 0 Å². The molecular weight excluding hydrogens is 289 g/mol. The highest BCUT2D eigenvalue weighted by Gasteiger charge is 2.41. The Bertz CT molecular complexity index is 379. The van der Waals surface area contributed by atoms with Crippen LogP contribution in [0, 0.1) is 5.82 Å². The molecule has 1 aromatic carbocycles. The first-order valence-electron chi connectivity index (χ1n) is 5.35. The molecule has 1 saturated carbocycles. The minimum absolute atomic E-state index is 0.202. The smallest absolute Gasteiger partial charge is 0.137 e. The SMILES string of the molecule is CSC1(CNCc2ccc(F)c(Br)c2)CC1. The lowest BCUT2D eigenvalue weighted by atomic mass is 10.2. The highest BCUT2D eigenvalue weighted by molar-refractivity contribution is 9.10. The Balaban J connectivity index is 1.83. The highest BCUT2D eigenvalue weighted by Crippen LogP contribution is 2.46. The number of thioether (sulfide) groups is 1. The second kappa shape index (κ2) is 5.07. The summed E-state index contributed by atoms with van der Waals surface area (Å²) >= 11 is 5.14. The summed E-state index contributed by atoms with van der Waals surface area (Å²) in [5, 5.41) is 3.44. The first kappa shape index (κ1) is 12.4. The van der Waals surface area contributed by atoms with E-state index in [4.69, 9.17) is 0 Å². The Kier molecular flexibility index (Phi) is 3.93. The molecule has 2 rings (SSSR count). The second-order valence-electron chi connectivity index (χ2n) is 4.24. The van der Waals surface area contributed by atoms with Gasteiger partial charge in [-0.2, -0.15) is 11.8 Å². The lowest BCUT2D eigenvalue weighted by molar-refractivity contribution is 0.617. The van der Waals surface area contributed by atoms with Crippen LogP contribution < -0.4 is 5.32 Å². The molecule has 1 aromatic rings. The Labute approximate surface area is 108 Å². The van der Waals surface area contributed by atoms with Crippen molar-refractivity contribution in [3.05, 3.63) is 34.1 Å². The average Bonchev–Trinajstić information content (AvgIpc) is 3.04. The Morgan fingerprint density at radius 3 is 2.81 bits per heavy atom. The fraction of sp³-hybridized carbons (Fsp3) is 0.500. The fourth-order valence-corrected chi connectivity index (χ4v) is 2.86. The minimum atomic E-state index is -0.202. The normalized spacial score (nSPS) is 17.4. The van der Waals surface area contributed by atoms with Crippen molar-refractivity contribution in [2.24, 2.45) is 0 Å². The Morgan fingerprint density at radius 1 is 1.50 bits per heavy atom. The van der Waals surface area contributed by atoms with Gasteiger partial charge in [-0.05, 0) is 52.7 Å². The van der Waals surface area contributed by atoms with Crippen LogP contribution in [0.25, 0.3) is 0 Å². The van der Waals surface area contributed by atoms with Gasteiger partial charge in [-0.25, -0.2) is 4.39 Å². The first-order valence-corrected chi connectivity index (χ1v) is 7.37. The van der Waals surface area contributed by atoms with Gasteiger partial charge in [0.1, 0.15) is 5.82 Å². The lowest BCUT2D eigenvalue weighted by Crippen LogP contribution is -2.25. The van der Waals surface area contributed by atoms with Gasteiger partial charge in [-0.1, -0.05) is 6.07 Å². The molecule has 0 unspecified atom stereocenters. The molecule has 0 spiro atoms. The zero-order valence-corrected chi connectivity index (χ0v) is 11.6. The van der Waals surface area contributed by atoms with Gasteiger partial charge >= 0.3 is 0 Å². The van der Waals surface area contributed by atoms with E-state index in [1.54, 1.807) is 0 Å². The van der Waals surface area contributed by atoms with E-state index in [9.17, 15) is 4.39 Å². The predicted molar refractivity (Wildman–Crippen MR) is 71.3 cm³/mol. The molecule has 0 aromatic heterocycles. The zero-order chi connectivity index (χ0) is 11.6. The maximum absolute atomic E-state index is 13.0. The van der Waals surface area contributed by atoms with E-state index in [0.717, 1.165) is 18.7 Å². The molecular formula is C12H15BrFNS. The summed E-state index contributed by atoms with van der Waals surface area (Å²) in [7, 11) is 0. The van der Waals surface area contributed by atoms with E-state index in [1.165, 1.54) is 18.9 Å². The topological polar surface area (TPSA) is 12.0 Å². The van der Waals surface area contributed by atoms with E-state index in [2.05, 4.69) is 27.5 Å². The molecule has 0 bridgehead atoms.